The van der Waals surface area contributed by atoms with Gasteiger partial charge >= 0.3 is 0 Å². The number of rotatable bonds is 21. The van der Waals surface area contributed by atoms with Crippen LogP contribution in [0.5, 0.6) is 0 Å². The van der Waals surface area contributed by atoms with Crippen molar-refractivity contribution in [3.05, 3.63) is 282 Å². The SMILES string of the molecule is [C-]#[N+]/C(C)=C1\OC(C)(c2ccc(C3CCCCC3)cc2)C(/C=C/C=C2C=C(/C=C/c3ccc(SCCCC)cc3)CC(C)(C)C/2)=C1C#N.[C-]#[N+]/C(C)=C1\OC(C)(c2ccc(CCCC)cc2)C(/C=C/C=C2C=C(/C=C/c3ccc(N(CC)CC)cc3)CC(C)(C)C/2)=C1C#N. The Kier molecular flexibility index (Phi) is 25.1. The summed E-state index contributed by atoms with van der Waals surface area (Å²) in [5.74, 6) is 2.55. The number of unbranched alkanes of at least 4 members (excludes halogenated alkanes) is 2. The van der Waals surface area contributed by atoms with Crippen molar-refractivity contribution >= 4 is 29.6 Å². The minimum Gasteiger partial charge on any atom is -0.488 e. The molecule has 1 saturated carbocycles. The number of hydrogen-bond donors (Lipinski definition) is 0. The van der Waals surface area contributed by atoms with Crippen LogP contribution in [0.4, 0.5) is 5.69 Å². The van der Waals surface area contributed by atoms with Gasteiger partial charge in [0, 0.05) is 34.8 Å². The van der Waals surface area contributed by atoms with Crippen LogP contribution in [0.3, 0.4) is 0 Å². The highest BCUT2D eigenvalue weighted by atomic mass is 32.2. The van der Waals surface area contributed by atoms with Crippen molar-refractivity contribution in [2.24, 2.45) is 10.8 Å². The van der Waals surface area contributed by atoms with Gasteiger partial charge in [-0.05, 0) is 202 Å². The van der Waals surface area contributed by atoms with E-state index >= 15 is 0 Å². The highest BCUT2D eigenvalue weighted by Crippen LogP contribution is 2.50. The fourth-order valence-corrected chi connectivity index (χ4v) is 14.7. The van der Waals surface area contributed by atoms with Crippen LogP contribution in [-0.2, 0) is 27.1 Å². The number of ether oxygens (including phenoxy) is 2. The summed E-state index contributed by atoms with van der Waals surface area (Å²) in [5.41, 5.74) is 15.2. The van der Waals surface area contributed by atoms with E-state index in [4.69, 9.17) is 22.6 Å². The third-order valence-electron chi connectivity index (χ3n) is 19.0. The Morgan fingerprint density at radius 1 is 0.574 bits per heavy atom. The van der Waals surface area contributed by atoms with E-state index in [0.717, 1.165) is 80.3 Å². The number of aryl methyl sites for hydroxylation is 1. The molecule has 0 spiro atoms. The lowest BCUT2D eigenvalue weighted by molar-refractivity contribution is 0.0746. The summed E-state index contributed by atoms with van der Waals surface area (Å²) in [4.78, 5) is 10.9. The third kappa shape index (κ3) is 18.2. The topological polar surface area (TPSA) is 78.0 Å². The van der Waals surface area contributed by atoms with Crippen LogP contribution in [0.15, 0.2) is 230 Å². The van der Waals surface area contributed by atoms with Gasteiger partial charge in [0.25, 0.3) is 0 Å². The molecule has 9 rings (SSSR count). The number of hydrogen-bond acceptors (Lipinski definition) is 6. The summed E-state index contributed by atoms with van der Waals surface area (Å²) >= 11 is 1.93. The Morgan fingerprint density at radius 3 is 1.47 bits per heavy atom. The molecule has 5 aliphatic rings. The molecule has 2 heterocycles. The van der Waals surface area contributed by atoms with E-state index in [-0.39, 0.29) is 10.8 Å². The number of benzene rings is 4. The molecule has 94 heavy (non-hydrogen) atoms. The van der Waals surface area contributed by atoms with Gasteiger partial charge in [0.1, 0.15) is 23.7 Å². The first-order valence-electron chi connectivity index (χ1n) is 34.4. The van der Waals surface area contributed by atoms with E-state index in [1.54, 1.807) is 13.8 Å². The van der Waals surface area contributed by atoms with Gasteiger partial charge in [-0.15, -0.1) is 11.8 Å². The second-order valence-electron chi connectivity index (χ2n) is 27.8. The Labute approximate surface area is 569 Å². The number of anilines is 1. The summed E-state index contributed by atoms with van der Waals surface area (Å²) in [6.45, 7) is 42.8. The van der Waals surface area contributed by atoms with E-state index in [2.05, 4.69) is 234 Å². The summed E-state index contributed by atoms with van der Waals surface area (Å²) in [5, 5.41) is 20.6. The molecule has 7 nitrogen and oxygen atoms in total. The lowest BCUT2D eigenvalue weighted by atomic mass is 9.75. The van der Waals surface area contributed by atoms with Gasteiger partial charge in [0.15, 0.2) is 11.2 Å². The van der Waals surface area contributed by atoms with Crippen molar-refractivity contribution in [3.8, 4) is 12.1 Å². The molecule has 1 fully saturated rings. The first kappa shape index (κ1) is 71.3. The molecule has 0 bridgehead atoms. The van der Waals surface area contributed by atoms with Gasteiger partial charge in [-0.1, -0.05) is 219 Å². The Bertz CT molecular complexity index is 3900. The summed E-state index contributed by atoms with van der Waals surface area (Å²) in [6, 6.07) is 39.7. The van der Waals surface area contributed by atoms with Crippen molar-refractivity contribution in [2.45, 2.75) is 195 Å². The second kappa shape index (κ2) is 33.0. The molecule has 0 aromatic heterocycles. The monoisotopic (exact) mass is 1270 g/mol. The minimum atomic E-state index is -0.874. The maximum atomic E-state index is 10.3. The number of nitriles is 2. The predicted octanol–water partition coefficient (Wildman–Crippen LogP) is 23.8. The predicted molar refractivity (Wildman–Crippen MR) is 395 cm³/mol. The quantitative estimate of drug-likeness (QED) is 0.0470. The molecule has 0 saturated heterocycles. The molecule has 0 N–H and O–H groups in total. The maximum Gasteiger partial charge on any atom is 0.204 e. The fraction of sp³-hybridized carbons (Fsp3) is 0.395. The normalized spacial score (nSPS) is 22.3. The standard InChI is InChI=1S/C44H50N2OS.C42H49N3O/c1-7-8-27-48-39-25-19-33(20-26-39)17-18-35-28-34(29-43(3,4)30-35)13-12-16-41-40(31-45)42(32(2)46-6)47-44(41,5)38-23-21-37(22-24-38)36-14-10-9-11-15-36;1-9-12-14-32-19-23-36(24-20-32)42(7)39(38(30-43)40(46-42)31(4)44-8)16-13-15-34-27-35(29-41(5,6)28-34)18-17-33-21-25-37(26-22-33)45(10-2)11-3/h12-13,16-26,28,36H,7-11,14-15,27,29-30H2,1-5H3;13,15-27H,9-12,14,28-29H2,1-7H3/b16-12+,18-17+,34-13-,42-32-;16-13+,18-17+,34-15-,40-31-. The zero-order valence-corrected chi connectivity index (χ0v) is 59.0. The first-order valence-corrected chi connectivity index (χ1v) is 35.4. The zero-order valence-electron chi connectivity index (χ0n) is 58.2. The van der Waals surface area contributed by atoms with Gasteiger partial charge in [0.2, 0.25) is 11.4 Å². The Morgan fingerprint density at radius 2 is 1.03 bits per heavy atom. The minimum absolute atomic E-state index is 0.130. The van der Waals surface area contributed by atoms with Crippen molar-refractivity contribution in [2.75, 3.05) is 23.7 Å². The summed E-state index contributed by atoms with van der Waals surface area (Å²) in [7, 11) is 0. The van der Waals surface area contributed by atoms with Crippen LogP contribution < -0.4 is 4.90 Å². The number of thioether (sulfide) groups is 1. The Hall–Kier alpha value is -8.53. The van der Waals surface area contributed by atoms with Crippen LogP contribution in [0, 0.1) is 46.6 Å². The number of nitrogens with zero attached hydrogens (tertiary/aromatic N) is 5. The van der Waals surface area contributed by atoms with Crippen molar-refractivity contribution in [3.63, 3.8) is 0 Å². The molecule has 2 aliphatic heterocycles. The van der Waals surface area contributed by atoms with Gasteiger partial charge in [-0.2, -0.15) is 10.5 Å². The largest absolute Gasteiger partial charge is 0.488 e. The van der Waals surface area contributed by atoms with E-state index < -0.39 is 11.2 Å². The maximum absolute atomic E-state index is 10.3. The molecule has 3 aliphatic carbocycles. The average Bonchev–Trinajstić information content (AvgIpc) is 1.60. The van der Waals surface area contributed by atoms with Crippen LogP contribution in [-0.4, -0.2) is 18.8 Å². The first-order chi connectivity index (χ1) is 45.2. The van der Waals surface area contributed by atoms with E-state index in [9.17, 15) is 10.5 Å². The molecular weight excluding hydrogens is 1170 g/mol. The zero-order chi connectivity index (χ0) is 67.5. The average molecular weight is 1270 g/mol. The molecule has 486 valence electrons. The van der Waals surface area contributed by atoms with E-state index in [0.29, 0.717) is 40.0 Å². The lowest BCUT2D eigenvalue weighted by Crippen LogP contribution is -2.23. The Balaban J connectivity index is 0.000000241. The van der Waals surface area contributed by atoms with E-state index in [1.807, 2.05) is 43.8 Å². The van der Waals surface area contributed by atoms with Crippen LogP contribution >= 0.6 is 11.8 Å². The highest BCUT2D eigenvalue weighted by Gasteiger charge is 2.44. The van der Waals surface area contributed by atoms with Crippen molar-refractivity contribution in [1.82, 2.24) is 0 Å². The second-order valence-corrected chi connectivity index (χ2v) is 28.9. The molecule has 2 unspecified atom stereocenters. The van der Waals surface area contributed by atoms with Crippen LogP contribution in [0.2, 0.25) is 0 Å². The summed E-state index contributed by atoms with van der Waals surface area (Å²) < 4.78 is 13.1. The molecule has 0 amide bonds. The smallest absolute Gasteiger partial charge is 0.204 e. The fourth-order valence-electron chi connectivity index (χ4n) is 13.7. The van der Waals surface area contributed by atoms with Crippen LogP contribution in [0.25, 0.3) is 21.8 Å². The summed E-state index contributed by atoms with van der Waals surface area (Å²) in [6.07, 6.45) is 42.2. The van der Waals surface area contributed by atoms with E-state index in [1.165, 1.54) is 106 Å². The molecule has 4 aromatic rings. The van der Waals surface area contributed by atoms with Gasteiger partial charge in [0.05, 0.1) is 24.3 Å². The van der Waals surface area contributed by atoms with Crippen molar-refractivity contribution in [1.29, 1.82) is 10.5 Å². The highest BCUT2D eigenvalue weighted by molar-refractivity contribution is 7.99. The molecule has 4 aromatic carbocycles. The molecule has 8 heteroatoms. The lowest BCUT2D eigenvalue weighted by Gasteiger charge is -2.30. The molecular formula is C86H99N5O2S. The molecule has 2 atom stereocenters. The van der Waals surface area contributed by atoms with Gasteiger partial charge < -0.3 is 14.4 Å². The third-order valence-corrected chi connectivity index (χ3v) is 20.1. The van der Waals surface area contributed by atoms with Crippen LogP contribution in [0.1, 0.15) is 206 Å². The van der Waals surface area contributed by atoms with Gasteiger partial charge in [-0.3, -0.25) is 0 Å². The number of allylic oxidation sites excluding steroid dienone is 16. The van der Waals surface area contributed by atoms with Gasteiger partial charge in [-0.25, -0.2) is 9.69 Å². The van der Waals surface area contributed by atoms with Crippen molar-refractivity contribution < 1.29 is 9.47 Å². The molecule has 0 radical (unpaired) electrons.